The van der Waals surface area contributed by atoms with Crippen LogP contribution in [0, 0.1) is 11.3 Å². The quantitative estimate of drug-likeness (QED) is 0.908. The Morgan fingerprint density at radius 3 is 2.50 bits per heavy atom. The number of anilines is 1. The molecule has 0 bridgehead atoms. The fourth-order valence-corrected chi connectivity index (χ4v) is 1.98. The topological polar surface area (TPSA) is 94.9 Å². The maximum absolute atomic E-state index is 12.3. The number of nitrogens with zero attached hydrogens (tertiary/aromatic N) is 2. The number of nitriles is 1. The van der Waals surface area contributed by atoms with Gasteiger partial charge in [0, 0.05) is 17.3 Å². The third-order valence-electron chi connectivity index (χ3n) is 3.04. The summed E-state index contributed by atoms with van der Waals surface area (Å²) < 4.78 is 0. The van der Waals surface area contributed by atoms with Crippen molar-refractivity contribution in [2.24, 2.45) is 0 Å². The summed E-state index contributed by atoms with van der Waals surface area (Å²) in [5.74, 6) is -0.764. The van der Waals surface area contributed by atoms with E-state index < -0.39 is 5.91 Å². The number of aromatic nitrogens is 1. The minimum atomic E-state index is -0.483. The highest BCUT2D eigenvalue weighted by Crippen LogP contribution is 2.15. The molecule has 0 saturated heterocycles. The molecule has 6 heteroatoms. The monoisotopic (exact) mass is 322 g/mol. The molecule has 24 heavy (non-hydrogen) atoms. The second-order valence-corrected chi connectivity index (χ2v) is 6.25. The van der Waals surface area contributed by atoms with Crippen molar-refractivity contribution >= 4 is 17.5 Å². The molecule has 0 atom stereocenters. The van der Waals surface area contributed by atoms with Crippen LogP contribution in [0.5, 0.6) is 0 Å². The van der Waals surface area contributed by atoms with Crippen LogP contribution in [-0.2, 0) is 0 Å². The van der Waals surface area contributed by atoms with Crippen molar-refractivity contribution in [3.8, 4) is 6.07 Å². The van der Waals surface area contributed by atoms with Gasteiger partial charge in [-0.05, 0) is 45.0 Å². The molecule has 0 aliphatic rings. The van der Waals surface area contributed by atoms with E-state index in [4.69, 9.17) is 5.26 Å². The van der Waals surface area contributed by atoms with Crippen molar-refractivity contribution in [2.75, 3.05) is 5.32 Å². The Morgan fingerprint density at radius 1 is 1.12 bits per heavy atom. The van der Waals surface area contributed by atoms with Gasteiger partial charge in [0.05, 0.1) is 11.3 Å². The van der Waals surface area contributed by atoms with Crippen molar-refractivity contribution in [1.82, 2.24) is 10.3 Å². The summed E-state index contributed by atoms with van der Waals surface area (Å²) in [6.45, 7) is 5.62. The van der Waals surface area contributed by atoms with Crippen LogP contribution < -0.4 is 10.6 Å². The van der Waals surface area contributed by atoms with E-state index >= 15 is 0 Å². The van der Waals surface area contributed by atoms with Gasteiger partial charge in [-0.15, -0.1) is 0 Å². The standard InChI is InChI=1S/C18H18N4O2/c1-18(2,3)22-16(23)12-8-9-20-15(10-12)17(24)21-14-7-5-4-6-13(14)11-19/h4-10H,1-3H3,(H,21,24)(H,22,23). The lowest BCUT2D eigenvalue weighted by atomic mass is 10.1. The Balaban J connectivity index is 2.21. The van der Waals surface area contributed by atoms with Crippen LogP contribution in [0.15, 0.2) is 42.6 Å². The summed E-state index contributed by atoms with van der Waals surface area (Å²) in [4.78, 5) is 28.5. The number of pyridine rings is 1. The van der Waals surface area contributed by atoms with Gasteiger partial charge in [-0.25, -0.2) is 0 Å². The molecule has 0 aliphatic heterocycles. The van der Waals surface area contributed by atoms with Crippen molar-refractivity contribution < 1.29 is 9.59 Å². The molecule has 6 nitrogen and oxygen atoms in total. The third kappa shape index (κ3) is 4.40. The zero-order valence-corrected chi connectivity index (χ0v) is 13.8. The van der Waals surface area contributed by atoms with Gasteiger partial charge in [-0.2, -0.15) is 5.26 Å². The number of nitrogens with one attached hydrogen (secondary N) is 2. The molecule has 1 aromatic carbocycles. The molecular weight excluding hydrogens is 304 g/mol. The summed E-state index contributed by atoms with van der Waals surface area (Å²) in [6.07, 6.45) is 1.41. The average molecular weight is 322 g/mol. The van der Waals surface area contributed by atoms with Crippen molar-refractivity contribution in [3.05, 3.63) is 59.4 Å². The number of carbonyl (C=O) groups is 2. The van der Waals surface area contributed by atoms with Gasteiger partial charge < -0.3 is 10.6 Å². The normalized spacial score (nSPS) is 10.6. The number of rotatable bonds is 3. The number of amides is 2. The molecule has 0 aliphatic carbocycles. The Hall–Kier alpha value is -3.20. The predicted octanol–water partition coefficient (Wildman–Crippen LogP) is 2.73. The van der Waals surface area contributed by atoms with Gasteiger partial charge in [0.15, 0.2) is 0 Å². The average Bonchev–Trinajstić information content (AvgIpc) is 2.54. The highest BCUT2D eigenvalue weighted by molar-refractivity contribution is 6.05. The van der Waals surface area contributed by atoms with E-state index in [2.05, 4.69) is 15.6 Å². The maximum atomic E-state index is 12.3. The maximum Gasteiger partial charge on any atom is 0.274 e. The van der Waals surface area contributed by atoms with Crippen LogP contribution in [0.4, 0.5) is 5.69 Å². The van der Waals surface area contributed by atoms with Gasteiger partial charge in [0.1, 0.15) is 11.8 Å². The van der Waals surface area contributed by atoms with Gasteiger partial charge in [0.25, 0.3) is 11.8 Å². The van der Waals surface area contributed by atoms with E-state index in [9.17, 15) is 9.59 Å². The summed E-state index contributed by atoms with van der Waals surface area (Å²) >= 11 is 0. The zero-order valence-electron chi connectivity index (χ0n) is 13.8. The summed E-state index contributed by atoms with van der Waals surface area (Å²) in [7, 11) is 0. The molecule has 2 amide bonds. The lowest BCUT2D eigenvalue weighted by Gasteiger charge is -2.20. The minimum absolute atomic E-state index is 0.101. The van der Waals surface area contributed by atoms with Crippen molar-refractivity contribution in [3.63, 3.8) is 0 Å². The van der Waals surface area contributed by atoms with Gasteiger partial charge in [-0.1, -0.05) is 12.1 Å². The van der Waals surface area contributed by atoms with E-state index in [1.807, 2.05) is 26.8 Å². The predicted molar refractivity (Wildman–Crippen MR) is 90.6 cm³/mol. The Morgan fingerprint density at radius 2 is 1.83 bits per heavy atom. The van der Waals surface area contributed by atoms with Crippen LogP contribution in [0.2, 0.25) is 0 Å². The minimum Gasteiger partial charge on any atom is -0.347 e. The first-order chi connectivity index (χ1) is 11.3. The molecule has 0 saturated carbocycles. The largest absolute Gasteiger partial charge is 0.347 e. The SMILES string of the molecule is CC(C)(C)NC(=O)c1ccnc(C(=O)Nc2ccccc2C#N)c1. The van der Waals surface area contributed by atoms with Crippen molar-refractivity contribution in [1.29, 1.82) is 5.26 Å². The molecule has 0 unspecified atom stereocenters. The lowest BCUT2D eigenvalue weighted by molar-refractivity contribution is 0.0919. The van der Waals surface area contributed by atoms with Gasteiger partial charge in [0.2, 0.25) is 0 Å². The summed E-state index contributed by atoms with van der Waals surface area (Å²) in [5.41, 5.74) is 0.820. The van der Waals surface area contributed by atoms with E-state index in [0.717, 1.165) is 0 Å². The van der Waals surface area contributed by atoms with E-state index in [0.29, 0.717) is 16.8 Å². The molecule has 2 aromatic rings. The first-order valence-electron chi connectivity index (χ1n) is 7.39. The smallest absolute Gasteiger partial charge is 0.274 e. The molecule has 0 radical (unpaired) electrons. The summed E-state index contributed by atoms with van der Waals surface area (Å²) in [5, 5.41) is 14.5. The first-order valence-corrected chi connectivity index (χ1v) is 7.39. The van der Waals surface area contributed by atoms with E-state index in [1.165, 1.54) is 12.3 Å². The molecule has 1 heterocycles. The highest BCUT2D eigenvalue weighted by Gasteiger charge is 2.17. The molecule has 0 spiro atoms. The van der Waals surface area contributed by atoms with Gasteiger partial charge >= 0.3 is 0 Å². The van der Waals surface area contributed by atoms with Crippen LogP contribution in [0.1, 0.15) is 47.2 Å². The summed E-state index contributed by atoms with van der Waals surface area (Å²) in [6, 6.07) is 11.6. The number of hydrogen-bond donors (Lipinski definition) is 2. The number of carbonyl (C=O) groups excluding carboxylic acids is 2. The third-order valence-corrected chi connectivity index (χ3v) is 3.04. The van der Waals surface area contributed by atoms with E-state index in [-0.39, 0.29) is 17.1 Å². The lowest BCUT2D eigenvalue weighted by Crippen LogP contribution is -2.40. The van der Waals surface area contributed by atoms with Crippen LogP contribution in [0.3, 0.4) is 0 Å². The molecular formula is C18H18N4O2. The molecule has 2 N–H and O–H groups in total. The van der Waals surface area contributed by atoms with Crippen LogP contribution in [0.25, 0.3) is 0 Å². The van der Waals surface area contributed by atoms with Crippen LogP contribution >= 0.6 is 0 Å². The Bertz CT molecular complexity index is 816. The number of hydrogen-bond acceptors (Lipinski definition) is 4. The van der Waals surface area contributed by atoms with Gasteiger partial charge in [-0.3, -0.25) is 14.6 Å². The molecule has 0 fully saturated rings. The molecule has 1 aromatic heterocycles. The molecule has 2 rings (SSSR count). The second-order valence-electron chi connectivity index (χ2n) is 6.25. The second kappa shape index (κ2) is 6.92. The Kier molecular flexibility index (Phi) is 4.95. The fourth-order valence-electron chi connectivity index (χ4n) is 1.98. The number of benzene rings is 1. The number of para-hydroxylation sites is 1. The fraction of sp³-hybridized carbons (Fsp3) is 0.222. The first kappa shape index (κ1) is 17.2. The van der Waals surface area contributed by atoms with E-state index in [1.54, 1.807) is 30.3 Å². The highest BCUT2D eigenvalue weighted by atomic mass is 16.2. The van der Waals surface area contributed by atoms with Crippen LogP contribution in [-0.4, -0.2) is 22.3 Å². The van der Waals surface area contributed by atoms with Crippen molar-refractivity contribution in [2.45, 2.75) is 26.3 Å². The Labute approximate surface area is 140 Å². The molecule has 122 valence electrons. The zero-order chi connectivity index (χ0) is 17.7.